The number of aryl methyl sites for hydroxylation is 2. The van der Waals surface area contributed by atoms with E-state index in [-0.39, 0.29) is 11.8 Å². The first-order valence-corrected chi connectivity index (χ1v) is 8.08. The van der Waals surface area contributed by atoms with Crippen molar-refractivity contribution in [3.63, 3.8) is 0 Å². The molecule has 0 aliphatic rings. The molecule has 0 saturated carbocycles. The van der Waals surface area contributed by atoms with Gasteiger partial charge in [-0.25, -0.2) is 0 Å². The second-order valence-corrected chi connectivity index (χ2v) is 6.10. The maximum absolute atomic E-state index is 12.0. The van der Waals surface area contributed by atoms with Gasteiger partial charge in [-0.1, -0.05) is 0 Å². The van der Waals surface area contributed by atoms with Crippen LogP contribution in [-0.4, -0.2) is 39.7 Å². The molecule has 0 aliphatic heterocycles. The molecule has 0 fully saturated rings. The first-order valence-electron chi connectivity index (χ1n) is 7.29. The van der Waals surface area contributed by atoms with Crippen LogP contribution in [0.15, 0.2) is 27.3 Å². The SMILES string of the molecule is Cc1cc(C(=O)NCCNC(=O)c2cc3oc(Br)cc3[nH]2)nn1C. The molecule has 3 N–H and O–H groups in total. The third kappa shape index (κ3) is 3.35. The minimum Gasteiger partial charge on any atom is -0.448 e. The summed E-state index contributed by atoms with van der Waals surface area (Å²) in [7, 11) is 1.78. The fraction of sp³-hybridized carbons (Fsp3) is 0.267. The Hall–Kier alpha value is -2.55. The minimum absolute atomic E-state index is 0.263. The van der Waals surface area contributed by atoms with Crippen LogP contribution in [-0.2, 0) is 7.05 Å². The minimum atomic E-state index is -0.268. The zero-order chi connectivity index (χ0) is 17.3. The Bertz CT molecular complexity index is 857. The van der Waals surface area contributed by atoms with Crippen molar-refractivity contribution in [2.24, 2.45) is 7.05 Å². The Morgan fingerprint density at radius 2 is 1.96 bits per heavy atom. The van der Waals surface area contributed by atoms with E-state index < -0.39 is 0 Å². The highest BCUT2D eigenvalue weighted by atomic mass is 79.9. The van der Waals surface area contributed by atoms with Crippen molar-refractivity contribution in [1.82, 2.24) is 25.4 Å². The molecular weight excluding hydrogens is 378 g/mol. The molecule has 0 aliphatic carbocycles. The van der Waals surface area contributed by atoms with E-state index in [9.17, 15) is 9.59 Å². The molecule has 3 rings (SSSR count). The average molecular weight is 394 g/mol. The van der Waals surface area contributed by atoms with Crippen molar-refractivity contribution in [2.45, 2.75) is 6.92 Å². The molecular formula is C15H16BrN5O3. The average Bonchev–Trinajstić information content (AvgIpc) is 3.16. The number of H-pyrrole nitrogens is 1. The molecule has 0 saturated heterocycles. The fourth-order valence-electron chi connectivity index (χ4n) is 2.22. The number of nitrogens with zero attached hydrogens (tertiary/aromatic N) is 2. The number of aromatic amines is 1. The van der Waals surface area contributed by atoms with Gasteiger partial charge in [-0.15, -0.1) is 0 Å². The Morgan fingerprint density at radius 1 is 1.25 bits per heavy atom. The lowest BCUT2D eigenvalue weighted by Gasteiger charge is -2.05. The predicted molar refractivity (Wildman–Crippen MR) is 90.9 cm³/mol. The summed E-state index contributed by atoms with van der Waals surface area (Å²) in [6.45, 7) is 2.48. The Morgan fingerprint density at radius 3 is 2.58 bits per heavy atom. The van der Waals surface area contributed by atoms with Crippen LogP contribution in [0.5, 0.6) is 0 Å². The molecule has 0 aromatic carbocycles. The van der Waals surface area contributed by atoms with Gasteiger partial charge in [0.2, 0.25) is 0 Å². The van der Waals surface area contributed by atoms with Gasteiger partial charge in [0.15, 0.2) is 10.3 Å². The molecule has 0 bridgehead atoms. The van der Waals surface area contributed by atoms with E-state index in [0.717, 1.165) is 11.2 Å². The van der Waals surface area contributed by atoms with Gasteiger partial charge in [0.25, 0.3) is 11.8 Å². The monoisotopic (exact) mass is 393 g/mol. The van der Waals surface area contributed by atoms with Gasteiger partial charge in [0, 0.05) is 38.0 Å². The molecule has 3 heterocycles. The molecule has 0 unspecified atom stereocenters. The molecule has 0 radical (unpaired) electrons. The molecule has 2 amide bonds. The molecule has 9 heteroatoms. The van der Waals surface area contributed by atoms with Crippen LogP contribution in [0, 0.1) is 6.92 Å². The number of halogens is 1. The standard InChI is InChI=1S/C15H16BrN5O3/c1-8-5-11(20-21(8)2)15(23)18-4-3-17-14(22)10-6-12-9(19-10)7-13(16)24-12/h5-7,19H,3-4H2,1-2H3,(H,17,22)(H,18,23). The number of hydrogen-bond donors (Lipinski definition) is 3. The number of carbonyl (C=O) groups is 2. The van der Waals surface area contributed by atoms with E-state index in [0.29, 0.717) is 34.7 Å². The van der Waals surface area contributed by atoms with Gasteiger partial charge < -0.3 is 20.0 Å². The second kappa shape index (κ2) is 6.52. The highest BCUT2D eigenvalue weighted by Gasteiger charge is 2.13. The number of nitrogens with one attached hydrogen (secondary N) is 3. The van der Waals surface area contributed by atoms with Crippen LogP contribution in [0.25, 0.3) is 11.1 Å². The summed E-state index contributed by atoms with van der Waals surface area (Å²) in [5.74, 6) is -0.532. The zero-order valence-electron chi connectivity index (χ0n) is 13.1. The molecule has 8 nitrogen and oxygen atoms in total. The van der Waals surface area contributed by atoms with Crippen molar-refractivity contribution in [2.75, 3.05) is 13.1 Å². The number of hydrogen-bond acceptors (Lipinski definition) is 4. The van der Waals surface area contributed by atoms with E-state index in [1.54, 1.807) is 29.9 Å². The number of aromatic nitrogens is 3. The molecule has 3 aromatic rings. The van der Waals surface area contributed by atoms with Crippen molar-refractivity contribution in [3.8, 4) is 0 Å². The number of furan rings is 1. The van der Waals surface area contributed by atoms with Gasteiger partial charge in [0.1, 0.15) is 11.4 Å². The van der Waals surface area contributed by atoms with Crippen LogP contribution in [0.3, 0.4) is 0 Å². The van der Waals surface area contributed by atoms with Crippen molar-refractivity contribution in [1.29, 1.82) is 0 Å². The summed E-state index contributed by atoms with van der Waals surface area (Å²) in [4.78, 5) is 26.9. The van der Waals surface area contributed by atoms with Crippen molar-refractivity contribution < 1.29 is 14.0 Å². The zero-order valence-corrected chi connectivity index (χ0v) is 14.7. The first kappa shape index (κ1) is 16.3. The van der Waals surface area contributed by atoms with E-state index in [1.165, 1.54) is 0 Å². The molecule has 126 valence electrons. The van der Waals surface area contributed by atoms with Gasteiger partial charge in [-0.3, -0.25) is 14.3 Å². The van der Waals surface area contributed by atoms with E-state index in [2.05, 4.69) is 36.6 Å². The van der Waals surface area contributed by atoms with Crippen LogP contribution in [0.2, 0.25) is 0 Å². The van der Waals surface area contributed by atoms with Crippen LogP contribution in [0.4, 0.5) is 0 Å². The fourth-order valence-corrected chi connectivity index (χ4v) is 2.63. The molecule has 3 aromatic heterocycles. The Kier molecular flexibility index (Phi) is 4.43. The second-order valence-electron chi connectivity index (χ2n) is 5.32. The smallest absolute Gasteiger partial charge is 0.271 e. The van der Waals surface area contributed by atoms with E-state index in [4.69, 9.17) is 4.42 Å². The quantitative estimate of drug-likeness (QED) is 0.573. The molecule has 0 spiro atoms. The van der Waals surface area contributed by atoms with Crippen LogP contribution >= 0.6 is 15.9 Å². The van der Waals surface area contributed by atoms with Gasteiger partial charge in [-0.2, -0.15) is 5.10 Å². The third-order valence-corrected chi connectivity index (χ3v) is 3.95. The number of carbonyl (C=O) groups excluding carboxylic acids is 2. The van der Waals surface area contributed by atoms with Gasteiger partial charge >= 0.3 is 0 Å². The largest absolute Gasteiger partial charge is 0.448 e. The third-order valence-electron chi connectivity index (χ3n) is 3.56. The first-order chi connectivity index (χ1) is 11.4. The topological polar surface area (TPSA) is 105 Å². The lowest BCUT2D eigenvalue weighted by molar-refractivity contribution is 0.0923. The molecule has 24 heavy (non-hydrogen) atoms. The predicted octanol–water partition coefficient (Wildman–Crippen LogP) is 1.73. The summed E-state index contributed by atoms with van der Waals surface area (Å²) >= 11 is 3.22. The highest BCUT2D eigenvalue weighted by molar-refractivity contribution is 9.10. The summed E-state index contributed by atoms with van der Waals surface area (Å²) in [6.07, 6.45) is 0. The normalized spacial score (nSPS) is 11.0. The number of rotatable bonds is 5. The Labute approximate surface area is 145 Å². The van der Waals surface area contributed by atoms with Gasteiger partial charge in [-0.05, 0) is 28.9 Å². The van der Waals surface area contributed by atoms with Crippen molar-refractivity contribution in [3.05, 3.63) is 40.0 Å². The van der Waals surface area contributed by atoms with E-state index >= 15 is 0 Å². The summed E-state index contributed by atoms with van der Waals surface area (Å²) in [5, 5.41) is 9.53. The summed E-state index contributed by atoms with van der Waals surface area (Å²) < 4.78 is 7.59. The number of amides is 2. The lowest BCUT2D eigenvalue weighted by atomic mass is 10.3. The van der Waals surface area contributed by atoms with Gasteiger partial charge in [0.05, 0.1) is 5.52 Å². The van der Waals surface area contributed by atoms with Crippen molar-refractivity contribution >= 4 is 38.8 Å². The maximum atomic E-state index is 12.0. The molecule has 0 atom stereocenters. The van der Waals surface area contributed by atoms with Crippen LogP contribution < -0.4 is 10.6 Å². The lowest BCUT2D eigenvalue weighted by Crippen LogP contribution is -2.35. The highest BCUT2D eigenvalue weighted by Crippen LogP contribution is 2.23. The Balaban J connectivity index is 1.48. The van der Waals surface area contributed by atoms with Crippen LogP contribution in [0.1, 0.15) is 26.7 Å². The van der Waals surface area contributed by atoms with E-state index in [1.807, 2.05) is 6.92 Å². The number of fused-ring (bicyclic) bond motifs is 1. The summed E-state index contributed by atoms with van der Waals surface area (Å²) in [5.41, 5.74) is 3.01. The summed E-state index contributed by atoms with van der Waals surface area (Å²) in [6, 6.07) is 5.09. The maximum Gasteiger partial charge on any atom is 0.271 e.